The van der Waals surface area contributed by atoms with Gasteiger partial charge in [-0.15, -0.1) is 0 Å². The molecule has 0 aliphatic heterocycles. The van der Waals surface area contributed by atoms with E-state index in [0.717, 1.165) is 6.07 Å². The van der Waals surface area contributed by atoms with E-state index < -0.39 is 46.8 Å². The van der Waals surface area contributed by atoms with Crippen LogP contribution in [0.4, 0.5) is 22.0 Å². The maximum absolute atomic E-state index is 13.6. The molecule has 0 atom stereocenters. The molecule has 1 N–H and O–H groups in total. The van der Waals surface area contributed by atoms with Gasteiger partial charge in [-0.25, -0.2) is 18.9 Å². The Morgan fingerprint density at radius 1 is 1.19 bits per heavy atom. The average molecular weight is 453 g/mol. The van der Waals surface area contributed by atoms with Crippen molar-refractivity contribution in [2.24, 2.45) is 0 Å². The second kappa shape index (κ2) is 8.22. The zero-order chi connectivity index (χ0) is 23.7. The molecule has 0 aliphatic rings. The highest BCUT2D eigenvalue weighted by Gasteiger charge is 2.39. The van der Waals surface area contributed by atoms with E-state index in [0.29, 0.717) is 17.8 Å². The van der Waals surface area contributed by atoms with Crippen LogP contribution in [0, 0.1) is 11.3 Å². The lowest BCUT2D eigenvalue weighted by atomic mass is 10.1. The van der Waals surface area contributed by atoms with E-state index in [2.05, 4.69) is 10.1 Å². The first-order chi connectivity index (χ1) is 14.9. The monoisotopic (exact) mass is 453 g/mol. The van der Waals surface area contributed by atoms with Crippen LogP contribution in [0.2, 0.25) is 0 Å². The molecule has 0 bridgehead atoms. The van der Waals surface area contributed by atoms with Gasteiger partial charge < -0.3 is 4.74 Å². The van der Waals surface area contributed by atoms with E-state index in [1.807, 2.05) is 5.10 Å². The number of hydrogen-bond acceptors (Lipinski definition) is 6. The van der Waals surface area contributed by atoms with Crippen molar-refractivity contribution in [3.8, 4) is 17.6 Å². The molecule has 0 amide bonds. The number of aromatic nitrogens is 4. The summed E-state index contributed by atoms with van der Waals surface area (Å²) in [6.07, 6.45) is -4.52. The maximum atomic E-state index is 13.6. The van der Waals surface area contributed by atoms with Gasteiger partial charge in [0.1, 0.15) is 11.8 Å². The fraction of sp³-hybridized carbons (Fsp3) is 0.211. The minimum absolute atomic E-state index is 0.132. The third-order valence-electron chi connectivity index (χ3n) is 4.15. The van der Waals surface area contributed by atoms with Crippen LogP contribution in [-0.4, -0.2) is 19.7 Å². The van der Waals surface area contributed by atoms with Crippen LogP contribution < -0.4 is 15.9 Å². The average Bonchev–Trinajstić information content (AvgIpc) is 2.71. The van der Waals surface area contributed by atoms with Gasteiger partial charge >= 0.3 is 6.18 Å². The van der Waals surface area contributed by atoms with Crippen molar-refractivity contribution >= 4 is 0 Å². The summed E-state index contributed by atoms with van der Waals surface area (Å²) in [5, 5.41) is 14.5. The Balaban J connectivity index is 2.10. The van der Waals surface area contributed by atoms with Crippen LogP contribution in [-0.2, 0) is 18.6 Å². The summed E-state index contributed by atoms with van der Waals surface area (Å²) in [5.41, 5.74) is -5.41. The molecule has 0 saturated heterocycles. The molecule has 2 heterocycles. The van der Waals surface area contributed by atoms with Gasteiger partial charge in [-0.2, -0.15) is 23.5 Å². The first-order valence-corrected chi connectivity index (χ1v) is 8.72. The van der Waals surface area contributed by atoms with Gasteiger partial charge in [0.05, 0.1) is 29.7 Å². The minimum Gasteiger partial charge on any atom is -0.448 e. The van der Waals surface area contributed by atoms with E-state index in [4.69, 9.17) is 10.00 Å². The summed E-state index contributed by atoms with van der Waals surface area (Å²) >= 11 is 0. The first kappa shape index (κ1) is 22.6. The van der Waals surface area contributed by atoms with Gasteiger partial charge in [-0.05, 0) is 18.2 Å². The van der Waals surface area contributed by atoms with Gasteiger partial charge in [-0.1, -0.05) is 12.1 Å². The van der Waals surface area contributed by atoms with Crippen LogP contribution in [0.5, 0.6) is 11.5 Å². The van der Waals surface area contributed by atoms with E-state index in [1.165, 1.54) is 24.3 Å². The Morgan fingerprint density at radius 3 is 2.50 bits per heavy atom. The van der Waals surface area contributed by atoms with Crippen molar-refractivity contribution in [3.05, 3.63) is 79.9 Å². The van der Waals surface area contributed by atoms with Crippen LogP contribution in [0.1, 0.15) is 29.4 Å². The lowest BCUT2D eigenvalue weighted by Gasteiger charge is -2.15. The molecule has 1 aromatic carbocycles. The van der Waals surface area contributed by atoms with E-state index >= 15 is 0 Å². The first-order valence-electron chi connectivity index (χ1n) is 8.72. The number of alkyl halides is 5. The Labute approximate surface area is 175 Å². The third kappa shape index (κ3) is 4.64. The third-order valence-corrected chi connectivity index (χ3v) is 4.15. The normalized spacial score (nSPS) is 11.8. The van der Waals surface area contributed by atoms with E-state index in [9.17, 15) is 31.5 Å². The number of nitrogens with one attached hydrogen (secondary N) is 1. The predicted molar refractivity (Wildman–Crippen MR) is 98.3 cm³/mol. The molecule has 3 rings (SSSR count). The molecule has 0 radical (unpaired) electrons. The molecule has 0 fully saturated rings. The SMILES string of the molecule is CC(F)(F)c1cc(Cn2cnc(C(F)(F)F)c(Oc3ccccc3C#N)c2=O)n[nH]c1=O. The highest BCUT2D eigenvalue weighted by molar-refractivity contribution is 5.45. The van der Waals surface area contributed by atoms with Crippen LogP contribution >= 0.6 is 0 Å². The molecule has 13 heteroatoms. The number of hydrogen-bond donors (Lipinski definition) is 1. The van der Waals surface area contributed by atoms with Crippen molar-refractivity contribution < 1.29 is 26.7 Å². The van der Waals surface area contributed by atoms with Gasteiger partial charge in [0, 0.05) is 6.92 Å². The standard InChI is InChI=1S/C19H12F5N5O3/c1-18(20,21)12-6-11(27-28-16(12)30)8-29-9-26-15(19(22,23)24)14(17(29)31)32-13-5-3-2-4-10(13)7-25/h2-6,9H,8H2,1H3,(H,28,30). The number of aromatic amines is 1. The highest BCUT2D eigenvalue weighted by atomic mass is 19.4. The molecule has 0 unspecified atom stereocenters. The molecule has 166 valence electrons. The zero-order valence-electron chi connectivity index (χ0n) is 16.1. The number of nitrogens with zero attached hydrogens (tertiary/aromatic N) is 4. The van der Waals surface area contributed by atoms with Gasteiger partial charge in [0.15, 0.2) is 5.69 Å². The van der Waals surface area contributed by atoms with Crippen LogP contribution in [0.25, 0.3) is 0 Å². The molecule has 0 saturated carbocycles. The number of H-pyrrole nitrogens is 1. The van der Waals surface area contributed by atoms with Crippen molar-refractivity contribution in [1.29, 1.82) is 5.26 Å². The maximum Gasteiger partial charge on any atom is 0.437 e. The fourth-order valence-electron chi connectivity index (χ4n) is 2.66. The van der Waals surface area contributed by atoms with Gasteiger partial charge in [-0.3, -0.25) is 14.2 Å². The Bertz CT molecular complexity index is 1320. The van der Waals surface area contributed by atoms with E-state index in [-0.39, 0.29) is 17.0 Å². The largest absolute Gasteiger partial charge is 0.448 e. The smallest absolute Gasteiger partial charge is 0.437 e. The molecule has 8 nitrogen and oxygen atoms in total. The van der Waals surface area contributed by atoms with Crippen molar-refractivity contribution in [3.63, 3.8) is 0 Å². The molecule has 0 spiro atoms. The summed E-state index contributed by atoms with van der Waals surface area (Å²) in [5.74, 6) is -5.05. The molecule has 3 aromatic rings. The van der Waals surface area contributed by atoms with Crippen molar-refractivity contribution in [1.82, 2.24) is 19.7 Å². The number of nitriles is 1. The summed E-state index contributed by atoms with van der Waals surface area (Å²) in [7, 11) is 0. The lowest BCUT2D eigenvalue weighted by Crippen LogP contribution is -2.28. The van der Waals surface area contributed by atoms with Crippen molar-refractivity contribution in [2.75, 3.05) is 0 Å². The summed E-state index contributed by atoms with van der Waals surface area (Å²) in [4.78, 5) is 27.6. The topological polar surface area (TPSA) is 114 Å². The second-order valence-electron chi connectivity index (χ2n) is 6.55. The van der Waals surface area contributed by atoms with Crippen molar-refractivity contribution in [2.45, 2.75) is 25.6 Å². The quantitative estimate of drug-likeness (QED) is 0.594. The summed E-state index contributed by atoms with van der Waals surface area (Å²) in [6, 6.07) is 7.74. The van der Waals surface area contributed by atoms with E-state index in [1.54, 1.807) is 6.07 Å². The summed E-state index contributed by atoms with van der Waals surface area (Å²) in [6.45, 7) is -0.119. The molecular weight excluding hydrogens is 441 g/mol. The summed E-state index contributed by atoms with van der Waals surface area (Å²) < 4.78 is 73.1. The van der Waals surface area contributed by atoms with Crippen LogP contribution in [0.3, 0.4) is 0 Å². The lowest BCUT2D eigenvalue weighted by molar-refractivity contribution is -0.142. The number of benzene rings is 1. The molecular formula is C19H12F5N5O3. The molecule has 0 aliphatic carbocycles. The minimum atomic E-state index is -5.07. The molecule has 2 aromatic heterocycles. The number of ether oxygens (including phenoxy) is 1. The zero-order valence-corrected chi connectivity index (χ0v) is 16.1. The Hall–Kier alpha value is -4.08. The van der Waals surface area contributed by atoms with Gasteiger partial charge in [0.2, 0.25) is 5.75 Å². The number of halogens is 5. The Kier molecular flexibility index (Phi) is 5.80. The molecule has 32 heavy (non-hydrogen) atoms. The number of rotatable bonds is 5. The number of para-hydroxylation sites is 1. The Morgan fingerprint density at radius 2 is 1.88 bits per heavy atom. The highest BCUT2D eigenvalue weighted by Crippen LogP contribution is 2.35. The second-order valence-corrected chi connectivity index (χ2v) is 6.55. The van der Waals surface area contributed by atoms with Gasteiger partial charge in [0.25, 0.3) is 17.0 Å². The van der Waals surface area contributed by atoms with Crippen LogP contribution in [0.15, 0.2) is 46.2 Å². The fourth-order valence-corrected chi connectivity index (χ4v) is 2.66. The predicted octanol–water partition coefficient (Wildman–Crippen LogP) is 3.17.